The van der Waals surface area contributed by atoms with Crippen LogP contribution in [0.2, 0.25) is 0 Å². The monoisotopic (exact) mass is 469 g/mol. The van der Waals surface area contributed by atoms with E-state index in [0.717, 1.165) is 34.0 Å². The highest BCUT2D eigenvalue weighted by Gasteiger charge is 2.16. The molecule has 0 fully saturated rings. The van der Waals surface area contributed by atoms with Crippen LogP contribution in [0.5, 0.6) is 0 Å². The molecule has 0 saturated heterocycles. The van der Waals surface area contributed by atoms with Crippen molar-refractivity contribution in [3.05, 3.63) is 96.1 Å². The van der Waals surface area contributed by atoms with Crippen molar-refractivity contribution in [3.8, 4) is 5.69 Å². The third-order valence-corrected chi connectivity index (χ3v) is 6.55. The summed E-state index contributed by atoms with van der Waals surface area (Å²) in [6.45, 7) is 3.22. The molecule has 0 saturated carbocycles. The molecular formula is C25H23N7OS. The van der Waals surface area contributed by atoms with Gasteiger partial charge in [0.15, 0.2) is 5.82 Å². The number of benzene rings is 3. The number of fused-ring (bicyclic) bond motifs is 1. The number of imidazole rings is 1. The van der Waals surface area contributed by atoms with E-state index >= 15 is 0 Å². The molecule has 0 atom stereocenters. The average Bonchev–Trinajstić information content (AvgIpc) is 3.50. The lowest BCUT2D eigenvalue weighted by molar-refractivity contribution is 0.0946. The Kier molecular flexibility index (Phi) is 6.35. The lowest BCUT2D eigenvalue weighted by atomic mass is 10.2. The van der Waals surface area contributed by atoms with E-state index in [1.165, 1.54) is 11.8 Å². The number of aromatic nitrogens is 6. The van der Waals surface area contributed by atoms with Crippen LogP contribution in [0.25, 0.3) is 16.7 Å². The van der Waals surface area contributed by atoms with Gasteiger partial charge in [0.1, 0.15) is 5.82 Å². The first kappa shape index (κ1) is 21.8. The summed E-state index contributed by atoms with van der Waals surface area (Å²) in [6.07, 6.45) is 0. The molecule has 2 heterocycles. The van der Waals surface area contributed by atoms with E-state index in [9.17, 15) is 4.79 Å². The van der Waals surface area contributed by atoms with Crippen LogP contribution in [0, 0.1) is 0 Å². The summed E-state index contributed by atoms with van der Waals surface area (Å²) < 4.78 is 3.84. The predicted octanol–water partition coefficient (Wildman–Crippen LogP) is 4.25. The van der Waals surface area contributed by atoms with E-state index in [1.54, 1.807) is 4.68 Å². The van der Waals surface area contributed by atoms with Gasteiger partial charge in [-0.2, -0.15) is 4.68 Å². The molecule has 8 nitrogen and oxygen atoms in total. The molecule has 5 aromatic rings. The van der Waals surface area contributed by atoms with Gasteiger partial charge in [-0.05, 0) is 53.7 Å². The molecule has 5 rings (SSSR count). The number of hydrogen-bond acceptors (Lipinski definition) is 6. The maximum Gasteiger partial charge on any atom is 0.252 e. The van der Waals surface area contributed by atoms with Crippen molar-refractivity contribution in [1.29, 1.82) is 0 Å². The third kappa shape index (κ3) is 4.42. The molecule has 0 radical (unpaired) electrons. The van der Waals surface area contributed by atoms with Gasteiger partial charge in [0.2, 0.25) is 0 Å². The van der Waals surface area contributed by atoms with Crippen LogP contribution < -0.4 is 5.32 Å². The summed E-state index contributed by atoms with van der Waals surface area (Å²) in [5.41, 5.74) is 3.51. The minimum Gasteiger partial charge on any atom is -0.345 e. The van der Waals surface area contributed by atoms with Crippen molar-refractivity contribution in [2.45, 2.75) is 30.7 Å². The Morgan fingerprint density at radius 3 is 2.56 bits per heavy atom. The number of para-hydroxylation sites is 3. The summed E-state index contributed by atoms with van der Waals surface area (Å²) in [6, 6.07) is 25.3. The van der Waals surface area contributed by atoms with Crippen molar-refractivity contribution in [1.82, 2.24) is 35.1 Å². The first-order chi connectivity index (χ1) is 16.7. The number of nitrogens with one attached hydrogen (secondary N) is 1. The molecule has 2 aromatic heterocycles. The van der Waals surface area contributed by atoms with Crippen molar-refractivity contribution >= 4 is 28.7 Å². The Morgan fingerprint density at radius 2 is 1.71 bits per heavy atom. The Hall–Kier alpha value is -3.98. The first-order valence-corrected chi connectivity index (χ1v) is 12.0. The molecule has 9 heteroatoms. The number of carbonyl (C=O) groups excluding carboxylic acids is 1. The van der Waals surface area contributed by atoms with E-state index in [1.807, 2.05) is 78.9 Å². The van der Waals surface area contributed by atoms with E-state index < -0.39 is 0 Å². The smallest absolute Gasteiger partial charge is 0.252 e. The molecular weight excluding hydrogens is 446 g/mol. The van der Waals surface area contributed by atoms with E-state index in [2.05, 4.69) is 32.3 Å². The topological polar surface area (TPSA) is 90.5 Å². The highest BCUT2D eigenvalue weighted by atomic mass is 32.2. The molecule has 0 aliphatic carbocycles. The summed E-state index contributed by atoms with van der Waals surface area (Å²) >= 11 is 1.53. The van der Waals surface area contributed by atoms with Gasteiger partial charge in [-0.1, -0.05) is 42.5 Å². The molecule has 0 spiro atoms. The van der Waals surface area contributed by atoms with Crippen molar-refractivity contribution in [3.63, 3.8) is 0 Å². The van der Waals surface area contributed by atoms with Gasteiger partial charge in [0.25, 0.3) is 5.91 Å². The van der Waals surface area contributed by atoms with Crippen LogP contribution in [0.3, 0.4) is 0 Å². The highest BCUT2D eigenvalue weighted by Crippen LogP contribution is 2.26. The number of thioether (sulfide) groups is 1. The largest absolute Gasteiger partial charge is 0.345 e. The van der Waals surface area contributed by atoms with Crippen molar-refractivity contribution in [2.24, 2.45) is 0 Å². The van der Waals surface area contributed by atoms with Gasteiger partial charge in [0.05, 0.1) is 34.6 Å². The zero-order valence-electron chi connectivity index (χ0n) is 18.6. The van der Waals surface area contributed by atoms with Crippen LogP contribution in [-0.4, -0.2) is 35.7 Å². The van der Waals surface area contributed by atoms with Crippen LogP contribution in [0.4, 0.5) is 0 Å². The highest BCUT2D eigenvalue weighted by molar-refractivity contribution is 7.98. The summed E-state index contributed by atoms with van der Waals surface area (Å²) in [5.74, 6) is 1.94. The average molecular weight is 470 g/mol. The molecule has 34 heavy (non-hydrogen) atoms. The van der Waals surface area contributed by atoms with Crippen LogP contribution in [0.1, 0.15) is 28.9 Å². The molecule has 1 amide bonds. The van der Waals surface area contributed by atoms with Crippen LogP contribution in [0.15, 0.2) is 83.8 Å². The molecule has 0 aliphatic heterocycles. The number of rotatable bonds is 8. The van der Waals surface area contributed by atoms with E-state index in [0.29, 0.717) is 23.7 Å². The second-order valence-corrected chi connectivity index (χ2v) is 8.59. The number of hydrogen-bond donors (Lipinski definition) is 1. The Morgan fingerprint density at radius 1 is 0.941 bits per heavy atom. The summed E-state index contributed by atoms with van der Waals surface area (Å²) in [7, 11) is 0. The number of carbonyl (C=O) groups is 1. The normalized spacial score (nSPS) is 11.1. The van der Waals surface area contributed by atoms with Crippen LogP contribution in [-0.2, 0) is 18.8 Å². The van der Waals surface area contributed by atoms with Gasteiger partial charge in [-0.25, -0.2) is 4.98 Å². The number of amides is 1. The Labute approximate surface area is 201 Å². The summed E-state index contributed by atoms with van der Waals surface area (Å²) in [4.78, 5) is 18.7. The quantitative estimate of drug-likeness (QED) is 0.342. The first-order valence-electron chi connectivity index (χ1n) is 11.0. The minimum absolute atomic E-state index is 0.138. The SMILES string of the molecule is CCn1c(CNC(=O)c2ccccc2SCc2nnnn2-c2ccccc2)nc2ccccc21. The van der Waals surface area contributed by atoms with Crippen molar-refractivity contribution in [2.75, 3.05) is 0 Å². The molecule has 0 bridgehead atoms. The fourth-order valence-corrected chi connectivity index (χ4v) is 4.81. The Balaban J connectivity index is 1.30. The molecule has 3 aromatic carbocycles. The predicted molar refractivity (Wildman–Crippen MR) is 132 cm³/mol. The zero-order chi connectivity index (χ0) is 23.3. The maximum absolute atomic E-state index is 13.1. The lowest BCUT2D eigenvalue weighted by Gasteiger charge is -2.11. The Bertz CT molecular complexity index is 1430. The fourth-order valence-electron chi connectivity index (χ4n) is 3.86. The minimum atomic E-state index is -0.138. The zero-order valence-corrected chi connectivity index (χ0v) is 19.4. The molecule has 0 unspecified atom stereocenters. The third-order valence-electron chi connectivity index (χ3n) is 5.48. The van der Waals surface area contributed by atoms with E-state index in [-0.39, 0.29) is 5.91 Å². The van der Waals surface area contributed by atoms with Gasteiger partial charge < -0.3 is 9.88 Å². The van der Waals surface area contributed by atoms with Gasteiger partial charge >= 0.3 is 0 Å². The molecule has 170 valence electrons. The lowest BCUT2D eigenvalue weighted by Crippen LogP contribution is -2.25. The second kappa shape index (κ2) is 9.88. The van der Waals surface area contributed by atoms with Gasteiger partial charge in [-0.3, -0.25) is 4.79 Å². The molecule has 0 aliphatic rings. The van der Waals surface area contributed by atoms with Crippen LogP contribution >= 0.6 is 11.8 Å². The fraction of sp³-hybridized carbons (Fsp3) is 0.160. The maximum atomic E-state index is 13.1. The standard InChI is InChI=1S/C25H23N7OS/c1-2-31-21-14-8-7-13-20(21)27-23(31)16-26-25(33)19-12-6-9-15-22(19)34-17-24-28-29-30-32(24)18-10-4-3-5-11-18/h3-15H,2,16-17H2,1H3,(H,26,33). The second-order valence-electron chi connectivity index (χ2n) is 7.57. The van der Waals surface area contributed by atoms with E-state index in [4.69, 9.17) is 4.98 Å². The van der Waals surface area contributed by atoms with Crippen molar-refractivity contribution < 1.29 is 4.79 Å². The number of nitrogens with zero attached hydrogens (tertiary/aromatic N) is 6. The van der Waals surface area contributed by atoms with Gasteiger partial charge in [-0.15, -0.1) is 16.9 Å². The van der Waals surface area contributed by atoms with Gasteiger partial charge in [0, 0.05) is 11.4 Å². The summed E-state index contributed by atoms with van der Waals surface area (Å²) in [5, 5.41) is 15.1. The molecule has 1 N–H and O–H groups in total. The number of tetrazole rings is 1. The number of aryl methyl sites for hydroxylation is 1.